The van der Waals surface area contributed by atoms with Gasteiger partial charge in [0.05, 0.1) is 0 Å². The smallest absolute Gasteiger partial charge is 0.241 e. The van der Waals surface area contributed by atoms with Crippen LogP contribution >= 0.6 is 11.8 Å². The van der Waals surface area contributed by atoms with Crippen molar-refractivity contribution in [2.45, 2.75) is 31.1 Å². The fourth-order valence-electron chi connectivity index (χ4n) is 4.25. The number of hydrazone groups is 1. The Hall–Kier alpha value is -2.25. The molecule has 2 atom stereocenters. The number of halogens is 2. The third-order valence-electron chi connectivity index (χ3n) is 5.45. The van der Waals surface area contributed by atoms with Crippen molar-refractivity contribution in [3.8, 4) is 0 Å². The summed E-state index contributed by atoms with van der Waals surface area (Å²) in [6.45, 7) is 1.93. The van der Waals surface area contributed by atoms with Crippen LogP contribution in [0.2, 0.25) is 0 Å². The highest BCUT2D eigenvalue weighted by Crippen LogP contribution is 2.57. The van der Waals surface area contributed by atoms with Crippen molar-refractivity contribution in [3.63, 3.8) is 0 Å². The summed E-state index contributed by atoms with van der Waals surface area (Å²) >= 11 is 1.33. The number of rotatable bonds is 3. The minimum atomic E-state index is -0.797. The van der Waals surface area contributed by atoms with Gasteiger partial charge in [-0.25, -0.2) is 13.8 Å². The van der Waals surface area contributed by atoms with Gasteiger partial charge in [0, 0.05) is 12.5 Å². The number of amides is 1. The highest BCUT2D eigenvalue weighted by Gasteiger charge is 2.55. The summed E-state index contributed by atoms with van der Waals surface area (Å²) in [5, 5.41) is 6.25. The largest absolute Gasteiger partial charge is 0.330 e. The van der Waals surface area contributed by atoms with Crippen molar-refractivity contribution >= 4 is 22.7 Å². The molecule has 146 valence electrons. The summed E-state index contributed by atoms with van der Waals surface area (Å²) < 4.78 is 28.3. The van der Waals surface area contributed by atoms with E-state index < -0.39 is 16.5 Å². The van der Waals surface area contributed by atoms with E-state index in [1.807, 2.05) is 18.2 Å². The van der Waals surface area contributed by atoms with Crippen LogP contribution in [0.4, 0.5) is 8.78 Å². The SMILES string of the molecule is CC(=O)N1N=C(c2cc(F)ccc2F)S[C@@]12c1ccccc1CC[C@@H]2CCN. The zero-order valence-corrected chi connectivity index (χ0v) is 16.3. The Kier molecular flexibility index (Phi) is 4.97. The standard InChI is InChI=1S/C21H21F2N3OS/c1-13(27)26-21(28-20(25-26)17-12-16(22)8-9-19(17)23)15(10-11-24)7-6-14-4-2-3-5-18(14)21/h2-5,8-9,12,15H,6-7,10-11,24H2,1H3/t15-,21+/m1/s1. The average molecular weight is 401 g/mol. The van der Waals surface area contributed by atoms with Crippen LogP contribution in [0, 0.1) is 17.6 Å². The molecule has 0 saturated carbocycles. The molecule has 2 N–H and O–H groups in total. The van der Waals surface area contributed by atoms with E-state index in [2.05, 4.69) is 11.2 Å². The highest BCUT2D eigenvalue weighted by molar-refractivity contribution is 8.15. The Labute approximate surface area is 166 Å². The van der Waals surface area contributed by atoms with Crippen molar-refractivity contribution < 1.29 is 13.6 Å². The molecule has 0 bridgehead atoms. The molecule has 2 aliphatic rings. The third-order valence-corrected chi connectivity index (χ3v) is 6.98. The summed E-state index contributed by atoms with van der Waals surface area (Å²) in [6, 6.07) is 11.3. The lowest BCUT2D eigenvalue weighted by Gasteiger charge is -2.45. The van der Waals surface area contributed by atoms with Gasteiger partial charge >= 0.3 is 0 Å². The summed E-state index contributed by atoms with van der Waals surface area (Å²) in [4.78, 5) is 11.8. The van der Waals surface area contributed by atoms with Crippen LogP contribution in [0.15, 0.2) is 47.6 Å². The number of benzene rings is 2. The first kappa shape index (κ1) is 19.1. The lowest BCUT2D eigenvalue weighted by atomic mass is 9.77. The Morgan fingerprint density at radius 3 is 2.86 bits per heavy atom. The maximum Gasteiger partial charge on any atom is 0.241 e. The molecule has 7 heteroatoms. The number of fused-ring (bicyclic) bond motifs is 2. The minimum Gasteiger partial charge on any atom is -0.330 e. The first-order valence-corrected chi connectivity index (χ1v) is 10.1. The van der Waals surface area contributed by atoms with E-state index in [1.165, 1.54) is 23.7 Å². The van der Waals surface area contributed by atoms with Gasteiger partial charge in [-0.05, 0) is 61.1 Å². The molecule has 28 heavy (non-hydrogen) atoms. The Morgan fingerprint density at radius 2 is 2.11 bits per heavy atom. The molecule has 0 aromatic heterocycles. The predicted octanol–water partition coefficient (Wildman–Crippen LogP) is 3.99. The summed E-state index contributed by atoms with van der Waals surface area (Å²) in [5.74, 6) is -1.29. The number of nitrogens with two attached hydrogens (primary N) is 1. The molecular weight excluding hydrogens is 380 g/mol. The van der Waals surface area contributed by atoms with E-state index in [9.17, 15) is 13.6 Å². The molecule has 0 saturated heterocycles. The van der Waals surface area contributed by atoms with Gasteiger partial charge in [0.2, 0.25) is 5.91 Å². The number of carbonyl (C=O) groups excluding carboxylic acids is 1. The molecule has 2 aromatic carbocycles. The van der Waals surface area contributed by atoms with E-state index in [-0.39, 0.29) is 17.4 Å². The third kappa shape index (κ3) is 2.93. The van der Waals surface area contributed by atoms with E-state index in [4.69, 9.17) is 5.73 Å². The van der Waals surface area contributed by atoms with Crippen molar-refractivity contribution in [2.75, 3.05) is 6.54 Å². The lowest BCUT2D eigenvalue weighted by molar-refractivity contribution is -0.134. The first-order valence-electron chi connectivity index (χ1n) is 9.29. The summed E-state index contributed by atoms with van der Waals surface area (Å²) in [7, 11) is 0. The molecule has 1 aliphatic carbocycles. The van der Waals surface area contributed by atoms with Crippen LogP contribution in [0.1, 0.15) is 36.5 Å². The topological polar surface area (TPSA) is 58.7 Å². The number of thioether (sulfide) groups is 1. The zero-order chi connectivity index (χ0) is 19.9. The van der Waals surface area contributed by atoms with Crippen LogP contribution < -0.4 is 5.73 Å². The van der Waals surface area contributed by atoms with E-state index >= 15 is 0 Å². The molecule has 4 rings (SSSR count). The quantitative estimate of drug-likeness (QED) is 0.846. The van der Waals surface area contributed by atoms with Crippen LogP contribution in [-0.2, 0) is 16.1 Å². The number of aryl methyl sites for hydroxylation is 1. The van der Waals surface area contributed by atoms with Crippen molar-refractivity contribution in [2.24, 2.45) is 16.8 Å². The second kappa shape index (κ2) is 7.29. The van der Waals surface area contributed by atoms with Gasteiger partial charge in [-0.1, -0.05) is 36.0 Å². The molecular formula is C21H21F2N3OS. The molecule has 4 nitrogen and oxygen atoms in total. The van der Waals surface area contributed by atoms with Crippen molar-refractivity contribution in [1.82, 2.24) is 5.01 Å². The maximum absolute atomic E-state index is 14.5. The van der Waals surface area contributed by atoms with Crippen LogP contribution in [0.3, 0.4) is 0 Å². The minimum absolute atomic E-state index is 0.0548. The van der Waals surface area contributed by atoms with Gasteiger partial charge < -0.3 is 5.73 Å². The van der Waals surface area contributed by atoms with Crippen LogP contribution in [0.25, 0.3) is 0 Å². The van der Waals surface area contributed by atoms with Gasteiger partial charge in [-0.3, -0.25) is 4.79 Å². The number of hydrogen-bond acceptors (Lipinski definition) is 4. The summed E-state index contributed by atoms with van der Waals surface area (Å²) in [5.41, 5.74) is 8.09. The fourth-order valence-corrected chi connectivity index (χ4v) is 5.90. The molecule has 1 amide bonds. The number of nitrogens with zero attached hydrogens (tertiary/aromatic N) is 2. The molecule has 0 fully saturated rings. The van der Waals surface area contributed by atoms with Gasteiger partial charge in [0.1, 0.15) is 21.5 Å². The maximum atomic E-state index is 14.5. The molecule has 1 aliphatic heterocycles. The Balaban J connectivity index is 1.89. The molecule has 0 radical (unpaired) electrons. The molecule has 1 heterocycles. The highest BCUT2D eigenvalue weighted by atomic mass is 32.2. The van der Waals surface area contributed by atoms with E-state index in [0.717, 1.165) is 42.2 Å². The van der Waals surface area contributed by atoms with Crippen LogP contribution in [-0.4, -0.2) is 22.5 Å². The fraction of sp³-hybridized carbons (Fsp3) is 0.333. The monoisotopic (exact) mass is 401 g/mol. The van der Waals surface area contributed by atoms with Crippen LogP contribution in [0.5, 0.6) is 0 Å². The van der Waals surface area contributed by atoms with Crippen molar-refractivity contribution in [1.29, 1.82) is 0 Å². The van der Waals surface area contributed by atoms with E-state index in [1.54, 1.807) is 0 Å². The van der Waals surface area contributed by atoms with Gasteiger partial charge in [0.25, 0.3) is 0 Å². The molecule has 1 spiro atoms. The average Bonchev–Trinajstić information content (AvgIpc) is 3.08. The Morgan fingerprint density at radius 1 is 1.32 bits per heavy atom. The second-order valence-corrected chi connectivity index (χ2v) is 8.34. The summed E-state index contributed by atoms with van der Waals surface area (Å²) in [6.07, 6.45) is 2.44. The number of carbonyl (C=O) groups is 1. The van der Waals surface area contributed by atoms with Crippen molar-refractivity contribution in [3.05, 3.63) is 70.8 Å². The molecule has 2 aromatic rings. The second-order valence-electron chi connectivity index (χ2n) is 7.13. The first-order chi connectivity index (χ1) is 13.5. The lowest BCUT2D eigenvalue weighted by Crippen LogP contribution is -2.49. The van der Waals surface area contributed by atoms with Gasteiger partial charge in [0.15, 0.2) is 0 Å². The van der Waals surface area contributed by atoms with E-state index in [0.29, 0.717) is 18.0 Å². The predicted molar refractivity (Wildman–Crippen MR) is 107 cm³/mol. The molecule has 0 unspecified atom stereocenters. The zero-order valence-electron chi connectivity index (χ0n) is 15.5. The number of hydrogen-bond donors (Lipinski definition) is 1. The van der Waals surface area contributed by atoms with Gasteiger partial charge in [-0.2, -0.15) is 5.10 Å². The normalized spacial score (nSPS) is 23.6. The Bertz CT molecular complexity index is 964. The van der Waals surface area contributed by atoms with Gasteiger partial charge in [-0.15, -0.1) is 0 Å².